The van der Waals surface area contributed by atoms with Crippen LogP contribution in [-0.4, -0.2) is 24.6 Å². The minimum Gasteiger partial charge on any atom is -0.307 e. The average molecular weight is 447 g/mol. The van der Waals surface area contributed by atoms with Gasteiger partial charge in [-0.2, -0.15) is 4.98 Å². The van der Waals surface area contributed by atoms with Gasteiger partial charge in [-0.15, -0.1) is 16.4 Å². The van der Waals surface area contributed by atoms with Gasteiger partial charge in [-0.3, -0.25) is 0 Å². The molecule has 6 nitrogen and oxygen atoms in total. The Hall–Kier alpha value is -3.29. The van der Waals surface area contributed by atoms with Crippen LogP contribution < -0.4 is 5.32 Å². The van der Waals surface area contributed by atoms with Crippen LogP contribution in [0.1, 0.15) is 22.6 Å². The summed E-state index contributed by atoms with van der Waals surface area (Å²) < 4.78 is 1.84. The molecule has 0 radical (unpaired) electrons. The molecule has 5 aromatic rings. The summed E-state index contributed by atoms with van der Waals surface area (Å²) in [5, 5.41) is 10.8. The van der Waals surface area contributed by atoms with Gasteiger partial charge >= 0.3 is 0 Å². The van der Waals surface area contributed by atoms with Crippen molar-refractivity contribution < 1.29 is 0 Å². The van der Waals surface area contributed by atoms with E-state index in [1.807, 2.05) is 66.2 Å². The largest absolute Gasteiger partial charge is 0.307 e. The van der Waals surface area contributed by atoms with E-state index in [1.165, 1.54) is 5.56 Å². The maximum Gasteiger partial charge on any atom is 0.249 e. The molecular weight excluding hydrogens is 428 g/mol. The summed E-state index contributed by atoms with van der Waals surface area (Å²) in [5.41, 5.74) is 5.18. The van der Waals surface area contributed by atoms with Gasteiger partial charge in [-0.05, 0) is 31.5 Å². The molecule has 0 aliphatic heterocycles. The van der Waals surface area contributed by atoms with Crippen LogP contribution in [0.15, 0.2) is 60.0 Å². The first-order chi connectivity index (χ1) is 15.1. The van der Waals surface area contributed by atoms with Gasteiger partial charge in [0.15, 0.2) is 0 Å². The van der Waals surface area contributed by atoms with Gasteiger partial charge < -0.3 is 5.32 Å². The van der Waals surface area contributed by atoms with Gasteiger partial charge in [0.05, 0.1) is 5.69 Å². The highest BCUT2D eigenvalue weighted by atomic mass is 35.5. The van der Waals surface area contributed by atoms with Crippen molar-refractivity contribution in [3.8, 4) is 11.3 Å². The van der Waals surface area contributed by atoms with E-state index in [1.54, 1.807) is 11.3 Å². The topological polar surface area (TPSA) is 68.0 Å². The zero-order valence-electron chi connectivity index (χ0n) is 17.0. The Morgan fingerprint density at radius 2 is 1.74 bits per heavy atom. The van der Waals surface area contributed by atoms with Crippen LogP contribution in [0.4, 0.5) is 11.8 Å². The van der Waals surface area contributed by atoms with E-state index in [2.05, 4.69) is 37.5 Å². The molecule has 5 rings (SSSR count). The van der Waals surface area contributed by atoms with Gasteiger partial charge in [-0.25, -0.2) is 14.5 Å². The van der Waals surface area contributed by atoms with E-state index in [0.717, 1.165) is 39.7 Å². The fraction of sp³-hybridized carbons (Fsp3) is 0.130. The van der Waals surface area contributed by atoms with E-state index in [9.17, 15) is 0 Å². The number of aryl methyl sites for hydroxylation is 2. The van der Waals surface area contributed by atoms with Crippen LogP contribution in [0.5, 0.6) is 0 Å². The molecule has 0 spiro atoms. The predicted octanol–water partition coefficient (Wildman–Crippen LogP) is 5.85. The van der Waals surface area contributed by atoms with E-state index in [0.29, 0.717) is 16.8 Å². The number of fused-ring (bicyclic) bond motifs is 1. The van der Waals surface area contributed by atoms with Crippen molar-refractivity contribution in [3.05, 3.63) is 87.6 Å². The lowest BCUT2D eigenvalue weighted by atomic mass is 10.0. The number of nitrogens with one attached hydrogen (secondary N) is 1. The van der Waals surface area contributed by atoms with Gasteiger partial charge in [0, 0.05) is 33.6 Å². The molecular formula is C23H19ClN6S. The molecule has 0 aliphatic rings. The zero-order valence-corrected chi connectivity index (χ0v) is 18.6. The first kappa shape index (κ1) is 19.7. The number of hydrogen-bond donors (Lipinski definition) is 1. The SMILES string of the molecule is Cc1nc(C)c(Cc2ccccc2)c(Nc2nc3scc(-c4ccc(Cl)cc4)n3n2)n1. The molecule has 0 atom stereocenters. The van der Waals surface area contributed by atoms with Crippen molar-refractivity contribution in [3.63, 3.8) is 0 Å². The standard InChI is InChI=1S/C23H19ClN6S/c1-14-19(12-16-6-4-3-5-7-16)21(26-15(2)25-14)27-22-28-23-30(29-22)20(13-31-23)17-8-10-18(24)11-9-17/h3-11,13H,12H2,1-2H3,(H,25,26,27,29). The fourth-order valence-corrected chi connectivity index (χ4v) is 4.47. The molecule has 0 saturated carbocycles. The van der Waals surface area contributed by atoms with Crippen molar-refractivity contribution in [2.45, 2.75) is 20.3 Å². The summed E-state index contributed by atoms with van der Waals surface area (Å²) in [6.45, 7) is 3.90. The maximum absolute atomic E-state index is 6.03. The number of nitrogens with zero attached hydrogens (tertiary/aromatic N) is 5. The summed E-state index contributed by atoms with van der Waals surface area (Å²) >= 11 is 7.57. The maximum atomic E-state index is 6.03. The second-order valence-corrected chi connectivity index (χ2v) is 8.50. The second kappa shape index (κ2) is 8.09. The lowest BCUT2D eigenvalue weighted by Gasteiger charge is -2.12. The third-order valence-corrected chi connectivity index (χ3v) is 6.07. The number of anilines is 2. The minimum atomic E-state index is 0.508. The monoisotopic (exact) mass is 446 g/mol. The van der Waals surface area contributed by atoms with Crippen LogP contribution in [-0.2, 0) is 6.42 Å². The minimum absolute atomic E-state index is 0.508. The van der Waals surface area contributed by atoms with Crippen molar-refractivity contribution in [1.82, 2.24) is 24.6 Å². The summed E-state index contributed by atoms with van der Waals surface area (Å²) in [7, 11) is 0. The van der Waals surface area contributed by atoms with Crippen molar-refractivity contribution in [1.29, 1.82) is 0 Å². The molecule has 0 fully saturated rings. The van der Waals surface area contributed by atoms with Crippen molar-refractivity contribution >= 4 is 39.7 Å². The van der Waals surface area contributed by atoms with Gasteiger partial charge in [0.2, 0.25) is 10.9 Å². The molecule has 0 aliphatic carbocycles. The Morgan fingerprint density at radius 3 is 2.52 bits per heavy atom. The Bertz CT molecular complexity index is 1360. The number of benzene rings is 2. The molecule has 2 aromatic carbocycles. The fourth-order valence-electron chi connectivity index (χ4n) is 3.51. The molecule has 0 amide bonds. The molecule has 154 valence electrons. The van der Waals surface area contributed by atoms with Crippen molar-refractivity contribution in [2.75, 3.05) is 5.32 Å². The molecule has 0 unspecified atom stereocenters. The van der Waals surface area contributed by atoms with Gasteiger partial charge in [0.1, 0.15) is 11.6 Å². The first-order valence-electron chi connectivity index (χ1n) is 9.82. The van der Waals surface area contributed by atoms with E-state index in [4.69, 9.17) is 11.6 Å². The quantitative estimate of drug-likeness (QED) is 0.366. The highest BCUT2D eigenvalue weighted by Crippen LogP contribution is 2.28. The number of thiazole rings is 1. The van der Waals surface area contributed by atoms with Gasteiger partial charge in [0.25, 0.3) is 0 Å². The van der Waals surface area contributed by atoms with E-state index in [-0.39, 0.29) is 0 Å². The normalized spacial score (nSPS) is 11.2. The highest BCUT2D eigenvalue weighted by Gasteiger charge is 2.16. The number of rotatable bonds is 5. The predicted molar refractivity (Wildman–Crippen MR) is 125 cm³/mol. The molecule has 31 heavy (non-hydrogen) atoms. The van der Waals surface area contributed by atoms with Gasteiger partial charge in [-0.1, -0.05) is 54.1 Å². The molecule has 0 saturated heterocycles. The highest BCUT2D eigenvalue weighted by molar-refractivity contribution is 7.15. The summed E-state index contributed by atoms with van der Waals surface area (Å²) in [6, 6.07) is 18.0. The second-order valence-electron chi connectivity index (χ2n) is 7.23. The van der Waals surface area contributed by atoms with Crippen LogP contribution >= 0.6 is 22.9 Å². The van der Waals surface area contributed by atoms with E-state index < -0.39 is 0 Å². The van der Waals surface area contributed by atoms with Crippen LogP contribution in [0, 0.1) is 13.8 Å². The Morgan fingerprint density at radius 1 is 0.968 bits per heavy atom. The molecule has 3 aromatic heterocycles. The lowest BCUT2D eigenvalue weighted by Crippen LogP contribution is -2.07. The third kappa shape index (κ3) is 4.02. The van der Waals surface area contributed by atoms with Crippen molar-refractivity contribution in [2.24, 2.45) is 0 Å². The third-order valence-electron chi connectivity index (χ3n) is 5.00. The summed E-state index contributed by atoms with van der Waals surface area (Å²) in [4.78, 5) is 14.7. The summed E-state index contributed by atoms with van der Waals surface area (Å²) in [6.07, 6.45) is 0.730. The van der Waals surface area contributed by atoms with Crippen LogP contribution in [0.25, 0.3) is 16.2 Å². The smallest absolute Gasteiger partial charge is 0.249 e. The zero-order chi connectivity index (χ0) is 21.4. The van der Waals surface area contributed by atoms with Crippen LogP contribution in [0.3, 0.4) is 0 Å². The molecule has 3 heterocycles. The molecule has 1 N–H and O–H groups in total. The number of aromatic nitrogens is 5. The average Bonchev–Trinajstić information content (AvgIpc) is 3.32. The first-order valence-corrected chi connectivity index (χ1v) is 11.1. The Kier molecular flexibility index (Phi) is 5.13. The Balaban J connectivity index is 1.50. The number of halogens is 1. The number of hydrogen-bond acceptors (Lipinski definition) is 6. The summed E-state index contributed by atoms with van der Waals surface area (Å²) in [5.74, 6) is 1.95. The molecule has 0 bridgehead atoms. The van der Waals surface area contributed by atoms with E-state index >= 15 is 0 Å². The molecule has 8 heteroatoms. The lowest BCUT2D eigenvalue weighted by molar-refractivity contribution is 0.952. The Labute approximate surface area is 188 Å². The van der Waals surface area contributed by atoms with Crippen LogP contribution in [0.2, 0.25) is 5.02 Å².